The summed E-state index contributed by atoms with van der Waals surface area (Å²) in [6.45, 7) is 0. The Morgan fingerprint density at radius 2 is 0.745 bits per heavy atom. The first-order chi connectivity index (χ1) is 27.3. The molecule has 0 saturated heterocycles. The fourth-order valence-electron chi connectivity index (χ4n) is 8.47. The van der Waals surface area contributed by atoms with Crippen molar-refractivity contribution in [2.75, 3.05) is 0 Å². The van der Waals surface area contributed by atoms with Gasteiger partial charge in [-0.05, 0) is 68.8 Å². The molecule has 0 radical (unpaired) electrons. The number of benzene rings is 8. The molecule has 2 heterocycles. The maximum Gasteiger partial charge on any atom is 0.135 e. The second kappa shape index (κ2) is 13.7. The molecular weight excluding hydrogens is 669 g/mol. The van der Waals surface area contributed by atoms with Crippen molar-refractivity contribution in [3.63, 3.8) is 0 Å². The van der Waals surface area contributed by atoms with E-state index in [4.69, 9.17) is 9.15 Å². The van der Waals surface area contributed by atoms with Gasteiger partial charge < -0.3 is 9.15 Å². The molecule has 1 aromatic heterocycles. The molecule has 0 spiro atoms. The average molecular weight is 705 g/mol. The zero-order chi connectivity index (χ0) is 36.6. The predicted molar refractivity (Wildman–Crippen MR) is 224 cm³/mol. The fraction of sp³-hybridized carbons (Fsp3) is 0.0189. The summed E-state index contributed by atoms with van der Waals surface area (Å²) in [6.07, 6.45) is 0. The molecule has 0 atom stereocenters. The third-order valence-electron chi connectivity index (χ3n) is 10.9. The van der Waals surface area contributed by atoms with Crippen LogP contribution < -0.4 is 4.74 Å². The molecule has 0 N–H and O–H groups in total. The molecule has 10 rings (SSSR count). The number of hydrogen-bond acceptors (Lipinski definition) is 2. The van der Waals surface area contributed by atoms with Crippen LogP contribution in [-0.4, -0.2) is 0 Å². The van der Waals surface area contributed by atoms with Gasteiger partial charge in [-0.15, -0.1) is 0 Å². The first-order valence-electron chi connectivity index (χ1n) is 18.8. The summed E-state index contributed by atoms with van der Waals surface area (Å²) < 4.78 is 13.5. The highest BCUT2D eigenvalue weighted by Crippen LogP contribution is 2.56. The van der Waals surface area contributed by atoms with Crippen LogP contribution in [0.2, 0.25) is 0 Å². The first kappa shape index (κ1) is 32.5. The predicted octanol–water partition coefficient (Wildman–Crippen LogP) is 14.1. The smallest absolute Gasteiger partial charge is 0.135 e. The lowest BCUT2D eigenvalue weighted by molar-refractivity contribution is 0.434. The van der Waals surface area contributed by atoms with Gasteiger partial charge in [0, 0.05) is 22.3 Å². The van der Waals surface area contributed by atoms with Crippen molar-refractivity contribution in [1.82, 2.24) is 0 Å². The van der Waals surface area contributed by atoms with E-state index in [-0.39, 0.29) is 0 Å². The number of fused-ring (bicyclic) bond motifs is 2. The minimum absolute atomic E-state index is 0.564. The van der Waals surface area contributed by atoms with E-state index in [0.29, 0.717) is 0 Å². The van der Waals surface area contributed by atoms with Crippen molar-refractivity contribution in [1.29, 1.82) is 0 Å². The monoisotopic (exact) mass is 704 g/mol. The van der Waals surface area contributed by atoms with Gasteiger partial charge in [-0.3, -0.25) is 0 Å². The molecule has 1 aliphatic heterocycles. The van der Waals surface area contributed by atoms with Crippen LogP contribution in [0.5, 0.6) is 11.5 Å². The van der Waals surface area contributed by atoms with Crippen LogP contribution in [0.3, 0.4) is 0 Å². The summed E-state index contributed by atoms with van der Waals surface area (Å²) in [5.74, 6) is 3.25. The first-order valence-corrected chi connectivity index (χ1v) is 18.8. The largest absolute Gasteiger partial charge is 0.457 e. The van der Waals surface area contributed by atoms with Crippen molar-refractivity contribution in [2.24, 2.45) is 0 Å². The Hall–Kier alpha value is -7.16. The van der Waals surface area contributed by atoms with Crippen molar-refractivity contribution in [3.8, 4) is 67.5 Å². The Kier molecular flexibility index (Phi) is 8.08. The highest BCUT2D eigenvalue weighted by Gasteiger charge is 2.45. The van der Waals surface area contributed by atoms with E-state index in [9.17, 15) is 0 Å². The zero-order valence-electron chi connectivity index (χ0n) is 30.1. The standard InChI is InChI=1S/C53H36O2/c1-4-18-37(19-5-1)41-24-10-11-25-42(41)43-26-12-13-27-44(43)45-28-14-15-29-46(45)50-35-34-49(54-50)38-32-33-48-52(36-38)55-51-31-17-16-30-47(51)53(48,39-20-6-2-7-21-39)40-22-8-3-9-23-40/h1-36H. The summed E-state index contributed by atoms with van der Waals surface area (Å²) in [5.41, 5.74) is 13.0. The number of furan rings is 1. The van der Waals surface area contributed by atoms with Crippen molar-refractivity contribution < 1.29 is 9.15 Å². The van der Waals surface area contributed by atoms with Gasteiger partial charge in [0.15, 0.2) is 0 Å². The summed E-state index contributed by atoms with van der Waals surface area (Å²) in [7, 11) is 0. The molecule has 8 aromatic carbocycles. The van der Waals surface area contributed by atoms with Gasteiger partial charge >= 0.3 is 0 Å². The molecule has 2 nitrogen and oxygen atoms in total. The normalized spacial score (nSPS) is 12.7. The van der Waals surface area contributed by atoms with E-state index in [1.165, 1.54) is 33.4 Å². The van der Waals surface area contributed by atoms with Crippen molar-refractivity contribution in [3.05, 3.63) is 241 Å². The lowest BCUT2D eigenvalue weighted by Crippen LogP contribution is -2.34. The van der Waals surface area contributed by atoms with Gasteiger partial charge in [-0.1, -0.05) is 194 Å². The summed E-state index contributed by atoms with van der Waals surface area (Å²) in [6, 6.07) is 77.1. The highest BCUT2D eigenvalue weighted by molar-refractivity contribution is 5.95. The van der Waals surface area contributed by atoms with Crippen LogP contribution in [-0.2, 0) is 5.41 Å². The number of para-hydroxylation sites is 1. The third kappa shape index (κ3) is 5.50. The van der Waals surface area contributed by atoms with E-state index in [2.05, 4.69) is 212 Å². The minimum atomic E-state index is -0.564. The number of ether oxygens (including phenoxy) is 1. The van der Waals surface area contributed by atoms with E-state index in [1.807, 2.05) is 6.07 Å². The quantitative estimate of drug-likeness (QED) is 0.165. The number of hydrogen-bond donors (Lipinski definition) is 0. The van der Waals surface area contributed by atoms with Crippen molar-refractivity contribution in [2.45, 2.75) is 5.41 Å². The third-order valence-corrected chi connectivity index (χ3v) is 10.9. The molecule has 0 unspecified atom stereocenters. The Morgan fingerprint density at radius 1 is 0.291 bits per heavy atom. The molecule has 1 aliphatic rings. The topological polar surface area (TPSA) is 22.4 Å². The molecular formula is C53H36O2. The average Bonchev–Trinajstić information content (AvgIpc) is 3.77. The summed E-state index contributed by atoms with van der Waals surface area (Å²) in [4.78, 5) is 0. The van der Waals surface area contributed by atoms with Crippen LogP contribution in [0.25, 0.3) is 56.0 Å². The molecule has 0 fully saturated rings. The molecule has 9 aromatic rings. The van der Waals surface area contributed by atoms with E-state index in [1.54, 1.807) is 0 Å². The lowest BCUT2D eigenvalue weighted by Gasteiger charge is -2.41. The van der Waals surface area contributed by atoms with Crippen LogP contribution in [0, 0.1) is 0 Å². The van der Waals surface area contributed by atoms with Crippen LogP contribution in [0.4, 0.5) is 0 Å². The maximum atomic E-state index is 6.78. The molecule has 2 heteroatoms. The number of rotatable bonds is 7. The fourth-order valence-corrected chi connectivity index (χ4v) is 8.47. The van der Waals surface area contributed by atoms with Crippen LogP contribution in [0.1, 0.15) is 22.3 Å². The molecule has 55 heavy (non-hydrogen) atoms. The minimum Gasteiger partial charge on any atom is -0.457 e. The van der Waals surface area contributed by atoms with E-state index in [0.717, 1.165) is 56.4 Å². The molecule has 0 saturated carbocycles. The van der Waals surface area contributed by atoms with Gasteiger partial charge in [-0.25, -0.2) is 0 Å². The second-order valence-corrected chi connectivity index (χ2v) is 14.0. The molecule has 0 bridgehead atoms. The molecule has 260 valence electrons. The lowest BCUT2D eigenvalue weighted by atomic mass is 9.63. The van der Waals surface area contributed by atoms with E-state index >= 15 is 0 Å². The van der Waals surface area contributed by atoms with Gasteiger partial charge in [0.1, 0.15) is 23.0 Å². The Labute approximate surface area is 321 Å². The van der Waals surface area contributed by atoms with Crippen LogP contribution >= 0.6 is 0 Å². The second-order valence-electron chi connectivity index (χ2n) is 14.0. The highest BCUT2D eigenvalue weighted by atomic mass is 16.5. The summed E-state index contributed by atoms with van der Waals surface area (Å²) >= 11 is 0. The van der Waals surface area contributed by atoms with Gasteiger partial charge in [0.25, 0.3) is 0 Å². The molecule has 0 amide bonds. The van der Waals surface area contributed by atoms with Gasteiger partial charge in [-0.2, -0.15) is 0 Å². The van der Waals surface area contributed by atoms with Gasteiger partial charge in [0.05, 0.1) is 5.41 Å². The summed E-state index contributed by atoms with van der Waals surface area (Å²) in [5, 5.41) is 0. The Bertz CT molecular complexity index is 2740. The Balaban J connectivity index is 1.08. The molecule has 0 aliphatic carbocycles. The van der Waals surface area contributed by atoms with Crippen LogP contribution in [0.15, 0.2) is 223 Å². The Morgan fingerprint density at radius 3 is 1.38 bits per heavy atom. The van der Waals surface area contributed by atoms with Crippen molar-refractivity contribution >= 4 is 0 Å². The van der Waals surface area contributed by atoms with Gasteiger partial charge in [0.2, 0.25) is 0 Å². The zero-order valence-corrected chi connectivity index (χ0v) is 30.1. The maximum absolute atomic E-state index is 6.78. The van der Waals surface area contributed by atoms with E-state index < -0.39 is 5.41 Å². The SMILES string of the molecule is c1ccc(-c2ccccc2-c2ccccc2-c2ccccc2-c2ccc(-c3ccc4c(c3)Oc3ccccc3C4(c3ccccc3)c3ccccc3)o2)cc1.